The summed E-state index contributed by atoms with van der Waals surface area (Å²) in [5.74, 6) is 2.23. The van der Waals surface area contributed by atoms with E-state index in [0.717, 1.165) is 17.9 Å². The fourth-order valence-corrected chi connectivity index (χ4v) is 4.81. The Morgan fingerprint density at radius 3 is 2.90 bits per heavy atom. The first-order valence-electron chi connectivity index (χ1n) is 9.01. The predicted molar refractivity (Wildman–Crippen MR) is 112 cm³/mol. The normalized spacial score (nSPS) is 12.6. The smallest absolute Gasteiger partial charge is 0.272 e. The van der Waals surface area contributed by atoms with E-state index in [0.29, 0.717) is 33.8 Å². The highest BCUT2D eigenvalue weighted by Gasteiger charge is 2.23. The van der Waals surface area contributed by atoms with Crippen molar-refractivity contribution in [2.75, 3.05) is 18.6 Å². The standard InChI is InChI=1S/C20H19N3O4S2/c1-26-14-6-4-13(5-7-14)23-19(25)18-16(8-10-28-18)22-20(23)29-12-17(24)21-11-15-3-2-9-27-15/h2-7,9H,8,10-12H2,1H3,(H,21,24). The first kappa shape index (κ1) is 19.7. The topological polar surface area (TPSA) is 86.4 Å². The number of rotatable bonds is 7. The molecule has 0 saturated heterocycles. The molecule has 1 aliphatic heterocycles. The van der Waals surface area contributed by atoms with Crippen molar-refractivity contribution in [3.8, 4) is 11.4 Å². The van der Waals surface area contributed by atoms with Gasteiger partial charge in [0, 0.05) is 12.2 Å². The molecule has 0 bridgehead atoms. The lowest BCUT2D eigenvalue weighted by molar-refractivity contribution is -0.118. The maximum atomic E-state index is 13.1. The van der Waals surface area contributed by atoms with Crippen LogP contribution in [-0.2, 0) is 17.8 Å². The Morgan fingerprint density at radius 1 is 1.34 bits per heavy atom. The number of benzene rings is 1. The zero-order valence-corrected chi connectivity index (χ0v) is 17.3. The lowest BCUT2D eigenvalue weighted by atomic mass is 10.3. The van der Waals surface area contributed by atoms with E-state index in [2.05, 4.69) is 5.32 Å². The van der Waals surface area contributed by atoms with Crippen molar-refractivity contribution in [1.29, 1.82) is 0 Å². The molecule has 9 heteroatoms. The Bertz CT molecular complexity index is 1060. The van der Waals surface area contributed by atoms with Crippen LogP contribution in [0.4, 0.5) is 0 Å². The van der Waals surface area contributed by atoms with E-state index in [4.69, 9.17) is 14.1 Å². The summed E-state index contributed by atoms with van der Waals surface area (Å²) in [5, 5.41) is 3.32. The largest absolute Gasteiger partial charge is 0.497 e. The molecule has 1 N–H and O–H groups in total. The number of methoxy groups -OCH3 is 1. The average Bonchev–Trinajstić information content (AvgIpc) is 3.43. The molecular weight excluding hydrogens is 410 g/mol. The number of carbonyl (C=O) groups excluding carboxylic acids is 1. The summed E-state index contributed by atoms with van der Waals surface area (Å²) in [4.78, 5) is 30.7. The number of carbonyl (C=O) groups is 1. The first-order valence-corrected chi connectivity index (χ1v) is 11.0. The molecule has 1 aliphatic rings. The van der Waals surface area contributed by atoms with Gasteiger partial charge in [-0.05, 0) is 36.4 Å². The predicted octanol–water partition coefficient (Wildman–Crippen LogP) is 2.89. The molecule has 3 heterocycles. The molecule has 0 radical (unpaired) electrons. The van der Waals surface area contributed by atoms with E-state index in [9.17, 15) is 9.59 Å². The maximum Gasteiger partial charge on any atom is 0.272 e. The van der Waals surface area contributed by atoms with Crippen LogP contribution in [0.2, 0.25) is 0 Å². The molecule has 150 valence electrons. The summed E-state index contributed by atoms with van der Waals surface area (Å²) in [5.41, 5.74) is 1.40. The second-order valence-corrected chi connectivity index (χ2v) is 8.30. The van der Waals surface area contributed by atoms with Gasteiger partial charge in [0.05, 0.1) is 41.9 Å². The van der Waals surface area contributed by atoms with Gasteiger partial charge in [-0.25, -0.2) is 4.98 Å². The second-order valence-electron chi connectivity index (χ2n) is 6.25. The Hall–Kier alpha value is -2.65. The number of aryl methyl sites for hydroxylation is 1. The highest BCUT2D eigenvalue weighted by Crippen LogP contribution is 2.30. The zero-order chi connectivity index (χ0) is 20.2. The Morgan fingerprint density at radius 2 is 2.17 bits per heavy atom. The van der Waals surface area contributed by atoms with Crippen molar-refractivity contribution in [3.63, 3.8) is 0 Å². The van der Waals surface area contributed by atoms with Crippen LogP contribution in [-0.4, -0.2) is 34.1 Å². The van der Waals surface area contributed by atoms with E-state index in [1.165, 1.54) is 23.5 Å². The number of aromatic nitrogens is 2. The third-order valence-electron chi connectivity index (χ3n) is 4.37. The van der Waals surface area contributed by atoms with Crippen LogP contribution < -0.4 is 15.6 Å². The van der Waals surface area contributed by atoms with Crippen LogP contribution in [0.1, 0.15) is 11.5 Å². The van der Waals surface area contributed by atoms with Gasteiger partial charge in [-0.1, -0.05) is 11.8 Å². The number of hydrogen-bond acceptors (Lipinski definition) is 7. The van der Waals surface area contributed by atoms with Gasteiger partial charge in [0.15, 0.2) is 5.16 Å². The highest BCUT2D eigenvalue weighted by atomic mass is 32.2. The maximum absolute atomic E-state index is 13.1. The second kappa shape index (κ2) is 8.79. The van der Waals surface area contributed by atoms with Crippen molar-refractivity contribution in [3.05, 3.63) is 64.5 Å². The molecule has 4 rings (SSSR count). The SMILES string of the molecule is COc1ccc(-n2c(SCC(=O)NCc3ccco3)nc3c(c2=O)SCC3)cc1. The van der Waals surface area contributed by atoms with Crippen molar-refractivity contribution < 1.29 is 13.9 Å². The molecule has 1 aromatic carbocycles. The summed E-state index contributed by atoms with van der Waals surface area (Å²) >= 11 is 2.78. The van der Waals surface area contributed by atoms with Crippen molar-refractivity contribution in [2.24, 2.45) is 0 Å². The van der Waals surface area contributed by atoms with Crippen LogP contribution in [0.25, 0.3) is 5.69 Å². The number of furan rings is 1. The summed E-state index contributed by atoms with van der Waals surface area (Å²) in [6.45, 7) is 0.325. The molecule has 0 unspecified atom stereocenters. The molecule has 1 amide bonds. The molecule has 7 nitrogen and oxygen atoms in total. The molecular formula is C20H19N3O4S2. The van der Waals surface area contributed by atoms with Gasteiger partial charge in [-0.15, -0.1) is 11.8 Å². The Labute approximate surface area is 175 Å². The molecule has 0 saturated carbocycles. The Kier molecular flexibility index (Phi) is 5.96. The fourth-order valence-electron chi connectivity index (χ4n) is 2.93. The average molecular weight is 430 g/mol. The summed E-state index contributed by atoms with van der Waals surface area (Å²) in [6, 6.07) is 10.8. The van der Waals surface area contributed by atoms with Crippen LogP contribution >= 0.6 is 23.5 Å². The molecule has 29 heavy (non-hydrogen) atoms. The van der Waals surface area contributed by atoms with Crippen LogP contribution in [0.15, 0.2) is 61.9 Å². The molecule has 0 fully saturated rings. The lowest BCUT2D eigenvalue weighted by Gasteiger charge is -2.14. The third kappa shape index (κ3) is 4.35. The van der Waals surface area contributed by atoms with Crippen LogP contribution in [0, 0.1) is 0 Å². The van der Waals surface area contributed by atoms with Gasteiger partial charge in [0.1, 0.15) is 11.5 Å². The van der Waals surface area contributed by atoms with Crippen molar-refractivity contribution >= 4 is 29.4 Å². The number of fused-ring (bicyclic) bond motifs is 1. The Balaban J connectivity index is 1.57. The van der Waals surface area contributed by atoms with E-state index in [-0.39, 0.29) is 17.2 Å². The monoisotopic (exact) mass is 429 g/mol. The number of thioether (sulfide) groups is 2. The summed E-state index contributed by atoms with van der Waals surface area (Å²) < 4.78 is 12.0. The van der Waals surface area contributed by atoms with E-state index in [1.807, 2.05) is 12.1 Å². The molecule has 0 atom stereocenters. The number of hydrogen-bond donors (Lipinski definition) is 1. The van der Waals surface area contributed by atoms with Crippen LogP contribution in [0.3, 0.4) is 0 Å². The van der Waals surface area contributed by atoms with Gasteiger partial charge in [-0.3, -0.25) is 14.2 Å². The van der Waals surface area contributed by atoms with Gasteiger partial charge < -0.3 is 14.5 Å². The summed E-state index contributed by atoms with van der Waals surface area (Å²) in [6.07, 6.45) is 2.33. The number of nitrogens with zero attached hydrogens (tertiary/aromatic N) is 2. The van der Waals surface area contributed by atoms with Gasteiger partial charge in [0.25, 0.3) is 5.56 Å². The minimum Gasteiger partial charge on any atom is -0.497 e. The fraction of sp³-hybridized carbons (Fsp3) is 0.250. The minimum atomic E-state index is -0.156. The van der Waals surface area contributed by atoms with E-state index < -0.39 is 0 Å². The highest BCUT2D eigenvalue weighted by molar-refractivity contribution is 8.00. The quantitative estimate of drug-likeness (QED) is 0.456. The van der Waals surface area contributed by atoms with Crippen LogP contribution in [0.5, 0.6) is 5.75 Å². The number of amides is 1. The lowest BCUT2D eigenvalue weighted by Crippen LogP contribution is -2.27. The molecule has 2 aromatic heterocycles. The molecule has 0 spiro atoms. The number of nitrogens with one attached hydrogen (secondary N) is 1. The van der Waals surface area contributed by atoms with E-state index in [1.54, 1.807) is 42.2 Å². The summed E-state index contributed by atoms with van der Waals surface area (Å²) in [7, 11) is 1.59. The van der Waals surface area contributed by atoms with Crippen molar-refractivity contribution in [2.45, 2.75) is 23.0 Å². The van der Waals surface area contributed by atoms with E-state index >= 15 is 0 Å². The minimum absolute atomic E-state index is 0.0961. The molecule has 0 aliphatic carbocycles. The third-order valence-corrected chi connectivity index (χ3v) is 6.42. The van der Waals surface area contributed by atoms with Crippen molar-refractivity contribution in [1.82, 2.24) is 14.9 Å². The van der Waals surface area contributed by atoms with Gasteiger partial charge >= 0.3 is 0 Å². The molecule has 3 aromatic rings. The first-order chi connectivity index (χ1) is 14.2. The number of ether oxygens (including phenoxy) is 1. The zero-order valence-electron chi connectivity index (χ0n) is 15.7. The van der Waals surface area contributed by atoms with Gasteiger partial charge in [-0.2, -0.15) is 0 Å². The van der Waals surface area contributed by atoms with Gasteiger partial charge in [0.2, 0.25) is 5.91 Å².